The molecular weight excluding hydrogens is 244 g/mol. The summed E-state index contributed by atoms with van der Waals surface area (Å²) in [5.41, 5.74) is -0.123. The quantitative estimate of drug-likeness (QED) is 0.758. The highest BCUT2D eigenvalue weighted by Crippen LogP contribution is 2.44. The highest BCUT2D eigenvalue weighted by atomic mass is 32.2. The molecule has 96 valence electrons. The monoisotopic (exact) mass is 262 g/mol. The van der Waals surface area contributed by atoms with E-state index in [1.54, 1.807) is 11.8 Å². The van der Waals surface area contributed by atoms with E-state index in [0.717, 1.165) is 24.2 Å². The summed E-state index contributed by atoms with van der Waals surface area (Å²) in [5, 5.41) is -0.00880. The van der Waals surface area contributed by atoms with Crippen LogP contribution in [-0.2, 0) is 9.53 Å². The summed E-state index contributed by atoms with van der Waals surface area (Å²) in [4.78, 5) is 13.2. The predicted octanol–water partition coefficient (Wildman–Crippen LogP) is 3.80. The number of rotatable bonds is 2. The SMILES string of the molecule is O=C1OC2(CCCCC2)CC1Sc1ccccc1. The zero-order chi connectivity index (χ0) is 12.4. The van der Waals surface area contributed by atoms with Crippen molar-refractivity contribution < 1.29 is 9.53 Å². The molecular formula is C15H18O2S. The smallest absolute Gasteiger partial charge is 0.320 e. The van der Waals surface area contributed by atoms with Crippen LogP contribution < -0.4 is 0 Å². The van der Waals surface area contributed by atoms with Crippen LogP contribution in [0.15, 0.2) is 35.2 Å². The Balaban J connectivity index is 1.69. The first-order chi connectivity index (χ1) is 8.77. The van der Waals surface area contributed by atoms with Gasteiger partial charge in [-0.15, -0.1) is 11.8 Å². The van der Waals surface area contributed by atoms with E-state index in [1.165, 1.54) is 19.3 Å². The van der Waals surface area contributed by atoms with Crippen molar-refractivity contribution in [2.45, 2.75) is 54.3 Å². The van der Waals surface area contributed by atoms with Crippen LogP contribution in [0.1, 0.15) is 38.5 Å². The van der Waals surface area contributed by atoms with E-state index in [-0.39, 0.29) is 16.8 Å². The Morgan fingerprint density at radius 3 is 2.56 bits per heavy atom. The molecule has 0 amide bonds. The number of benzene rings is 1. The van der Waals surface area contributed by atoms with Gasteiger partial charge in [0, 0.05) is 11.3 Å². The first-order valence-corrected chi connectivity index (χ1v) is 7.60. The van der Waals surface area contributed by atoms with Crippen LogP contribution in [-0.4, -0.2) is 16.8 Å². The lowest BCUT2D eigenvalue weighted by Crippen LogP contribution is -2.31. The van der Waals surface area contributed by atoms with Crippen LogP contribution in [0.5, 0.6) is 0 Å². The fraction of sp³-hybridized carbons (Fsp3) is 0.533. The van der Waals surface area contributed by atoms with Gasteiger partial charge in [0.15, 0.2) is 0 Å². The molecule has 1 unspecified atom stereocenters. The van der Waals surface area contributed by atoms with Crippen molar-refractivity contribution in [3.05, 3.63) is 30.3 Å². The maximum Gasteiger partial charge on any atom is 0.320 e. The second-order valence-corrected chi connectivity index (χ2v) is 6.56. The molecule has 3 heteroatoms. The van der Waals surface area contributed by atoms with E-state index in [0.29, 0.717) is 0 Å². The Morgan fingerprint density at radius 1 is 1.11 bits per heavy atom. The van der Waals surface area contributed by atoms with Crippen LogP contribution in [0, 0.1) is 0 Å². The number of thioether (sulfide) groups is 1. The van der Waals surface area contributed by atoms with E-state index < -0.39 is 0 Å². The molecule has 3 rings (SSSR count). The van der Waals surface area contributed by atoms with Crippen molar-refractivity contribution in [3.8, 4) is 0 Å². The van der Waals surface area contributed by atoms with Crippen molar-refractivity contribution in [2.75, 3.05) is 0 Å². The average Bonchev–Trinajstić information content (AvgIpc) is 2.68. The van der Waals surface area contributed by atoms with Gasteiger partial charge >= 0.3 is 5.97 Å². The Morgan fingerprint density at radius 2 is 1.83 bits per heavy atom. The predicted molar refractivity (Wildman–Crippen MR) is 72.6 cm³/mol. The van der Waals surface area contributed by atoms with Gasteiger partial charge in [0.25, 0.3) is 0 Å². The van der Waals surface area contributed by atoms with Gasteiger partial charge in [-0.25, -0.2) is 0 Å². The van der Waals surface area contributed by atoms with Gasteiger partial charge < -0.3 is 4.74 Å². The molecule has 1 heterocycles. The molecule has 1 aromatic carbocycles. The lowest BCUT2D eigenvalue weighted by Gasteiger charge is -2.31. The molecule has 2 aliphatic rings. The van der Waals surface area contributed by atoms with Gasteiger partial charge in [0.2, 0.25) is 0 Å². The first kappa shape index (κ1) is 12.1. The summed E-state index contributed by atoms with van der Waals surface area (Å²) in [6, 6.07) is 10.1. The van der Waals surface area contributed by atoms with Crippen LogP contribution in [0.25, 0.3) is 0 Å². The minimum absolute atomic E-state index is 0.00856. The van der Waals surface area contributed by atoms with Crippen molar-refractivity contribution in [2.24, 2.45) is 0 Å². The number of hydrogen-bond acceptors (Lipinski definition) is 3. The molecule has 18 heavy (non-hydrogen) atoms. The van der Waals surface area contributed by atoms with Gasteiger partial charge in [0.05, 0.1) is 0 Å². The first-order valence-electron chi connectivity index (χ1n) is 6.72. The summed E-state index contributed by atoms with van der Waals surface area (Å²) in [7, 11) is 0. The molecule has 0 N–H and O–H groups in total. The van der Waals surface area contributed by atoms with Gasteiger partial charge in [-0.3, -0.25) is 4.79 Å². The molecule has 0 bridgehead atoms. The van der Waals surface area contributed by atoms with Gasteiger partial charge in [-0.2, -0.15) is 0 Å². The maximum absolute atomic E-state index is 12.0. The third-order valence-corrected chi connectivity index (χ3v) is 5.11. The second kappa shape index (κ2) is 4.96. The third-order valence-electron chi connectivity index (χ3n) is 3.92. The molecule has 1 aliphatic heterocycles. The van der Waals surface area contributed by atoms with Gasteiger partial charge in [-0.05, 0) is 37.8 Å². The molecule has 1 atom stereocenters. The topological polar surface area (TPSA) is 26.3 Å². The molecule has 1 spiro atoms. The number of carbonyl (C=O) groups is 1. The molecule has 1 saturated heterocycles. The zero-order valence-electron chi connectivity index (χ0n) is 10.4. The largest absolute Gasteiger partial charge is 0.458 e. The highest BCUT2D eigenvalue weighted by molar-refractivity contribution is 8.00. The fourth-order valence-electron chi connectivity index (χ4n) is 3.00. The molecule has 0 radical (unpaired) electrons. The van der Waals surface area contributed by atoms with Crippen LogP contribution in [0.2, 0.25) is 0 Å². The summed E-state index contributed by atoms with van der Waals surface area (Å²) in [6.07, 6.45) is 6.71. The number of hydrogen-bond donors (Lipinski definition) is 0. The molecule has 1 saturated carbocycles. The zero-order valence-corrected chi connectivity index (χ0v) is 11.2. The van der Waals surface area contributed by atoms with E-state index in [9.17, 15) is 4.79 Å². The van der Waals surface area contributed by atoms with Crippen molar-refractivity contribution in [1.29, 1.82) is 0 Å². The Hall–Kier alpha value is -0.960. The number of esters is 1. The summed E-state index contributed by atoms with van der Waals surface area (Å²) in [6.45, 7) is 0. The van der Waals surface area contributed by atoms with E-state index in [2.05, 4.69) is 12.1 Å². The second-order valence-electron chi connectivity index (χ2n) is 5.29. The molecule has 1 aromatic rings. The van der Waals surface area contributed by atoms with E-state index in [1.807, 2.05) is 18.2 Å². The van der Waals surface area contributed by atoms with Gasteiger partial charge in [-0.1, -0.05) is 24.6 Å². The normalized spacial score (nSPS) is 26.2. The summed E-state index contributed by atoms with van der Waals surface area (Å²) >= 11 is 1.65. The molecule has 1 aliphatic carbocycles. The number of carbonyl (C=O) groups excluding carboxylic acids is 1. The molecule has 2 nitrogen and oxygen atoms in total. The van der Waals surface area contributed by atoms with Crippen LogP contribution >= 0.6 is 11.8 Å². The Kier molecular flexibility index (Phi) is 3.33. The standard InChI is InChI=1S/C15H18O2S/c16-14-13(18-12-7-3-1-4-8-12)11-15(17-14)9-5-2-6-10-15/h1,3-4,7-8,13H,2,5-6,9-11H2. The van der Waals surface area contributed by atoms with Gasteiger partial charge in [0.1, 0.15) is 10.9 Å². The minimum Gasteiger partial charge on any atom is -0.458 e. The van der Waals surface area contributed by atoms with Crippen LogP contribution in [0.3, 0.4) is 0 Å². The lowest BCUT2D eigenvalue weighted by atomic mass is 9.83. The highest BCUT2D eigenvalue weighted by Gasteiger charge is 2.47. The summed E-state index contributed by atoms with van der Waals surface area (Å²) < 4.78 is 5.71. The fourth-order valence-corrected chi connectivity index (χ4v) is 4.17. The average molecular weight is 262 g/mol. The van der Waals surface area contributed by atoms with Crippen molar-refractivity contribution in [3.63, 3.8) is 0 Å². The minimum atomic E-state index is -0.123. The van der Waals surface area contributed by atoms with Crippen molar-refractivity contribution >= 4 is 17.7 Å². The Bertz CT molecular complexity index is 423. The third kappa shape index (κ3) is 2.41. The lowest BCUT2D eigenvalue weighted by molar-refractivity contribution is -0.150. The number of ether oxygens (including phenoxy) is 1. The maximum atomic E-state index is 12.0. The molecule has 2 fully saturated rings. The summed E-state index contributed by atoms with van der Waals surface area (Å²) in [5.74, 6) is -0.00856. The van der Waals surface area contributed by atoms with Crippen LogP contribution in [0.4, 0.5) is 0 Å². The Labute approximate surface area is 112 Å². The van der Waals surface area contributed by atoms with Crippen molar-refractivity contribution in [1.82, 2.24) is 0 Å². The molecule has 0 aromatic heterocycles. The van der Waals surface area contributed by atoms with E-state index in [4.69, 9.17) is 4.74 Å². The van der Waals surface area contributed by atoms with E-state index >= 15 is 0 Å².